The van der Waals surface area contributed by atoms with Crippen molar-refractivity contribution in [3.8, 4) is 5.69 Å². The van der Waals surface area contributed by atoms with Gasteiger partial charge in [-0.15, -0.1) is 0 Å². The Morgan fingerprint density at radius 2 is 1.95 bits per heavy atom. The Hall–Kier alpha value is -2.13. The summed E-state index contributed by atoms with van der Waals surface area (Å²) in [6, 6.07) is 15.3. The maximum absolute atomic E-state index is 4.50. The lowest BCUT2D eigenvalue weighted by Crippen LogP contribution is -2.22. The summed E-state index contributed by atoms with van der Waals surface area (Å²) in [5.41, 5.74) is 5.95. The summed E-state index contributed by atoms with van der Waals surface area (Å²) < 4.78 is 2.17. The Bertz CT molecular complexity index is 756. The van der Waals surface area contributed by atoms with E-state index in [9.17, 15) is 0 Å². The first-order chi connectivity index (χ1) is 10.1. The van der Waals surface area contributed by atoms with Crippen LogP contribution in [0, 0.1) is 6.92 Å². The second-order valence-corrected chi connectivity index (χ2v) is 5.77. The predicted octanol–water partition coefficient (Wildman–Crippen LogP) is 3.83. The highest BCUT2D eigenvalue weighted by Crippen LogP contribution is 2.22. The normalized spacial score (nSPS) is 11.4. The van der Waals surface area contributed by atoms with E-state index in [4.69, 9.17) is 0 Å². The number of hydrogen-bond donors (Lipinski definition) is 1. The molecule has 2 aromatic carbocycles. The van der Waals surface area contributed by atoms with Crippen LogP contribution in [0.3, 0.4) is 0 Å². The van der Waals surface area contributed by atoms with Gasteiger partial charge in [0.1, 0.15) is 6.33 Å². The first kappa shape index (κ1) is 13.8. The molecule has 0 spiro atoms. The highest BCUT2D eigenvalue weighted by atomic mass is 15.1. The molecule has 0 saturated heterocycles. The second-order valence-electron chi connectivity index (χ2n) is 5.77. The SMILES string of the molecule is Cc1ccc(-n2cnc3ccccc32)c(CNC(C)C)c1. The second kappa shape index (κ2) is 5.70. The summed E-state index contributed by atoms with van der Waals surface area (Å²) in [5.74, 6) is 0. The number of imidazole rings is 1. The van der Waals surface area contributed by atoms with Gasteiger partial charge in [0.05, 0.1) is 16.7 Å². The van der Waals surface area contributed by atoms with Gasteiger partial charge < -0.3 is 5.32 Å². The molecule has 3 aromatic rings. The van der Waals surface area contributed by atoms with Crippen molar-refractivity contribution in [1.29, 1.82) is 0 Å². The summed E-state index contributed by atoms with van der Waals surface area (Å²) in [6.07, 6.45) is 1.91. The Labute approximate surface area is 125 Å². The van der Waals surface area contributed by atoms with Gasteiger partial charge in [0, 0.05) is 12.6 Å². The van der Waals surface area contributed by atoms with Crippen molar-refractivity contribution in [1.82, 2.24) is 14.9 Å². The number of fused-ring (bicyclic) bond motifs is 1. The molecular formula is C18H21N3. The van der Waals surface area contributed by atoms with Crippen molar-refractivity contribution < 1.29 is 0 Å². The number of nitrogens with zero attached hydrogens (tertiary/aromatic N) is 2. The van der Waals surface area contributed by atoms with Gasteiger partial charge >= 0.3 is 0 Å². The van der Waals surface area contributed by atoms with Crippen LogP contribution in [0.4, 0.5) is 0 Å². The zero-order valence-corrected chi connectivity index (χ0v) is 12.8. The van der Waals surface area contributed by atoms with Gasteiger partial charge in [-0.25, -0.2) is 4.98 Å². The molecule has 3 nitrogen and oxygen atoms in total. The van der Waals surface area contributed by atoms with Crippen molar-refractivity contribution in [3.63, 3.8) is 0 Å². The maximum Gasteiger partial charge on any atom is 0.100 e. The first-order valence-electron chi connectivity index (χ1n) is 7.40. The molecule has 1 aromatic heterocycles. The molecule has 3 heteroatoms. The average Bonchev–Trinajstić information content (AvgIpc) is 2.89. The molecular weight excluding hydrogens is 258 g/mol. The number of rotatable bonds is 4. The average molecular weight is 279 g/mol. The molecule has 0 atom stereocenters. The molecule has 21 heavy (non-hydrogen) atoms. The van der Waals surface area contributed by atoms with E-state index >= 15 is 0 Å². The minimum atomic E-state index is 0.470. The lowest BCUT2D eigenvalue weighted by molar-refractivity contribution is 0.587. The largest absolute Gasteiger partial charge is 0.310 e. The zero-order chi connectivity index (χ0) is 14.8. The molecule has 1 heterocycles. The molecule has 0 amide bonds. The van der Waals surface area contributed by atoms with Gasteiger partial charge in [-0.05, 0) is 30.7 Å². The van der Waals surface area contributed by atoms with E-state index in [1.807, 2.05) is 18.5 Å². The van der Waals surface area contributed by atoms with Crippen LogP contribution in [0.15, 0.2) is 48.8 Å². The van der Waals surface area contributed by atoms with Crippen molar-refractivity contribution >= 4 is 11.0 Å². The Morgan fingerprint density at radius 1 is 1.14 bits per heavy atom. The molecule has 0 unspecified atom stereocenters. The number of aromatic nitrogens is 2. The molecule has 0 aliphatic carbocycles. The Balaban J connectivity index is 2.09. The number of nitrogens with one attached hydrogen (secondary N) is 1. The highest BCUT2D eigenvalue weighted by Gasteiger charge is 2.09. The Morgan fingerprint density at radius 3 is 2.76 bits per heavy atom. The van der Waals surface area contributed by atoms with Crippen molar-refractivity contribution in [3.05, 3.63) is 59.9 Å². The standard InChI is InChI=1S/C18H21N3/c1-13(2)19-11-15-10-14(3)8-9-17(15)21-12-20-16-6-4-5-7-18(16)21/h4-10,12-13,19H,11H2,1-3H3. The molecule has 0 aliphatic rings. The molecule has 0 radical (unpaired) electrons. The molecule has 1 N–H and O–H groups in total. The molecule has 0 bridgehead atoms. The fourth-order valence-electron chi connectivity index (χ4n) is 2.56. The van der Waals surface area contributed by atoms with Gasteiger partial charge in [-0.2, -0.15) is 0 Å². The smallest absolute Gasteiger partial charge is 0.100 e. The molecule has 0 fully saturated rings. The monoisotopic (exact) mass is 279 g/mol. The third-order valence-electron chi connectivity index (χ3n) is 3.65. The fourth-order valence-corrected chi connectivity index (χ4v) is 2.56. The van der Waals surface area contributed by atoms with E-state index in [1.165, 1.54) is 16.8 Å². The lowest BCUT2D eigenvalue weighted by Gasteiger charge is -2.15. The maximum atomic E-state index is 4.50. The summed E-state index contributed by atoms with van der Waals surface area (Å²) in [7, 11) is 0. The van der Waals surface area contributed by atoms with Crippen LogP contribution < -0.4 is 5.32 Å². The van der Waals surface area contributed by atoms with E-state index in [-0.39, 0.29) is 0 Å². The molecule has 0 aliphatic heterocycles. The summed E-state index contributed by atoms with van der Waals surface area (Å²) in [5, 5.41) is 3.51. The quantitative estimate of drug-likeness (QED) is 0.786. The van der Waals surface area contributed by atoms with Gasteiger partial charge in [0.15, 0.2) is 0 Å². The minimum Gasteiger partial charge on any atom is -0.310 e. The van der Waals surface area contributed by atoms with Gasteiger partial charge in [0.2, 0.25) is 0 Å². The third-order valence-corrected chi connectivity index (χ3v) is 3.65. The third kappa shape index (κ3) is 2.83. The van der Waals surface area contributed by atoms with Crippen molar-refractivity contribution in [2.75, 3.05) is 0 Å². The summed E-state index contributed by atoms with van der Waals surface area (Å²) >= 11 is 0. The summed E-state index contributed by atoms with van der Waals surface area (Å²) in [6.45, 7) is 7.33. The van der Waals surface area contributed by atoms with Crippen LogP contribution in [0.1, 0.15) is 25.0 Å². The molecule has 0 saturated carbocycles. The van der Waals surface area contributed by atoms with Gasteiger partial charge in [0.25, 0.3) is 0 Å². The lowest BCUT2D eigenvalue weighted by atomic mass is 10.1. The van der Waals surface area contributed by atoms with E-state index in [0.29, 0.717) is 6.04 Å². The van der Waals surface area contributed by atoms with Gasteiger partial charge in [-0.1, -0.05) is 43.7 Å². The van der Waals surface area contributed by atoms with Crippen LogP contribution in [0.5, 0.6) is 0 Å². The molecule has 3 rings (SSSR count). The number of hydrogen-bond acceptors (Lipinski definition) is 2. The van der Waals surface area contributed by atoms with E-state index < -0.39 is 0 Å². The van der Waals surface area contributed by atoms with Crippen molar-refractivity contribution in [2.45, 2.75) is 33.4 Å². The van der Waals surface area contributed by atoms with E-state index in [2.05, 4.69) is 66.0 Å². The number of aryl methyl sites for hydroxylation is 1. The van der Waals surface area contributed by atoms with E-state index in [1.54, 1.807) is 0 Å². The van der Waals surface area contributed by atoms with Crippen LogP contribution in [-0.2, 0) is 6.54 Å². The number of benzene rings is 2. The topological polar surface area (TPSA) is 29.9 Å². The minimum absolute atomic E-state index is 0.470. The number of para-hydroxylation sites is 2. The molecule has 108 valence electrons. The summed E-state index contributed by atoms with van der Waals surface area (Å²) in [4.78, 5) is 4.50. The Kier molecular flexibility index (Phi) is 3.76. The van der Waals surface area contributed by atoms with Crippen LogP contribution in [-0.4, -0.2) is 15.6 Å². The zero-order valence-electron chi connectivity index (χ0n) is 12.8. The van der Waals surface area contributed by atoms with Gasteiger partial charge in [-0.3, -0.25) is 4.57 Å². The highest BCUT2D eigenvalue weighted by molar-refractivity contribution is 5.77. The van der Waals surface area contributed by atoms with E-state index in [0.717, 1.165) is 17.6 Å². The first-order valence-corrected chi connectivity index (χ1v) is 7.40. The van der Waals surface area contributed by atoms with Crippen LogP contribution in [0.2, 0.25) is 0 Å². The fraction of sp³-hybridized carbons (Fsp3) is 0.278. The van der Waals surface area contributed by atoms with Crippen LogP contribution >= 0.6 is 0 Å². The predicted molar refractivity (Wildman–Crippen MR) is 87.8 cm³/mol. The van der Waals surface area contributed by atoms with Crippen LogP contribution in [0.25, 0.3) is 16.7 Å². The van der Waals surface area contributed by atoms with Crippen molar-refractivity contribution in [2.24, 2.45) is 0 Å².